The van der Waals surface area contributed by atoms with E-state index >= 15 is 0 Å². The molecule has 0 aliphatic carbocycles. The predicted octanol–water partition coefficient (Wildman–Crippen LogP) is 3.93. The maximum atomic E-state index is 12.9. The fourth-order valence-corrected chi connectivity index (χ4v) is 3.63. The smallest absolute Gasteiger partial charge is 0.410 e. The molecule has 9 nitrogen and oxygen atoms in total. The average molecular weight is 456 g/mol. The highest BCUT2D eigenvalue weighted by molar-refractivity contribution is 5.93. The minimum absolute atomic E-state index is 0.162. The lowest BCUT2D eigenvalue weighted by molar-refractivity contribution is -0.122. The number of carbonyl (C=O) groups is 2. The molecule has 2 amide bonds. The first kappa shape index (κ1) is 24.4. The summed E-state index contributed by atoms with van der Waals surface area (Å²) in [6.07, 6.45) is 4.50. The number of ether oxygens (including phenoxy) is 2. The number of rotatable bonds is 5. The van der Waals surface area contributed by atoms with E-state index in [9.17, 15) is 9.59 Å². The first-order valence-corrected chi connectivity index (χ1v) is 11.0. The van der Waals surface area contributed by atoms with Gasteiger partial charge < -0.3 is 19.7 Å². The molecule has 0 saturated carbocycles. The van der Waals surface area contributed by atoms with Crippen LogP contribution in [0.1, 0.15) is 41.5 Å². The van der Waals surface area contributed by atoms with Crippen molar-refractivity contribution < 1.29 is 19.1 Å². The van der Waals surface area contributed by atoms with E-state index in [4.69, 9.17) is 9.47 Å². The summed E-state index contributed by atoms with van der Waals surface area (Å²) < 4.78 is 11.2. The Morgan fingerprint density at radius 1 is 1.12 bits per heavy atom. The average Bonchev–Trinajstić information content (AvgIpc) is 2.73. The molecule has 1 fully saturated rings. The third-order valence-corrected chi connectivity index (χ3v) is 5.33. The lowest BCUT2D eigenvalue weighted by atomic mass is 9.98. The van der Waals surface area contributed by atoms with Gasteiger partial charge in [-0.3, -0.25) is 14.7 Å². The topological polar surface area (TPSA) is 96.9 Å². The van der Waals surface area contributed by atoms with Crippen molar-refractivity contribution in [2.45, 2.75) is 58.7 Å². The van der Waals surface area contributed by atoms with Gasteiger partial charge in [0.2, 0.25) is 5.91 Å². The fourth-order valence-electron chi connectivity index (χ4n) is 3.63. The van der Waals surface area contributed by atoms with Gasteiger partial charge in [0.05, 0.1) is 24.0 Å². The Labute approximate surface area is 195 Å². The summed E-state index contributed by atoms with van der Waals surface area (Å²) in [5.41, 5.74) is -1.03. The molecule has 0 radical (unpaired) electrons. The largest absolute Gasteiger partial charge is 0.454 e. The van der Waals surface area contributed by atoms with E-state index in [1.165, 1.54) is 0 Å². The van der Waals surface area contributed by atoms with Crippen LogP contribution in [-0.2, 0) is 9.53 Å². The van der Waals surface area contributed by atoms with Crippen LogP contribution in [0.5, 0.6) is 11.5 Å². The summed E-state index contributed by atoms with van der Waals surface area (Å²) in [6.45, 7) is 13.0. The summed E-state index contributed by atoms with van der Waals surface area (Å²) in [5.74, 6) is 1.44. The van der Waals surface area contributed by atoms with Gasteiger partial charge in [-0.05, 0) is 65.8 Å². The quantitative estimate of drug-likeness (QED) is 0.730. The van der Waals surface area contributed by atoms with Crippen molar-refractivity contribution >= 4 is 17.8 Å². The molecule has 0 bridgehead atoms. The zero-order chi connectivity index (χ0) is 24.2. The van der Waals surface area contributed by atoms with Crippen LogP contribution in [0.3, 0.4) is 0 Å². The molecule has 178 valence electrons. The minimum Gasteiger partial charge on any atom is -0.454 e. The number of nitrogens with zero attached hydrogens (tertiary/aromatic N) is 4. The monoisotopic (exact) mass is 455 g/mol. The summed E-state index contributed by atoms with van der Waals surface area (Å²) in [7, 11) is 0. The highest BCUT2D eigenvalue weighted by atomic mass is 16.6. The maximum Gasteiger partial charge on any atom is 0.410 e. The molecule has 2 aromatic heterocycles. The van der Waals surface area contributed by atoms with E-state index in [2.05, 4.69) is 20.2 Å². The van der Waals surface area contributed by atoms with Gasteiger partial charge in [0.1, 0.15) is 22.9 Å². The van der Waals surface area contributed by atoms with Crippen LogP contribution in [0, 0.1) is 0 Å². The number of piperazine rings is 1. The highest BCUT2D eigenvalue weighted by Crippen LogP contribution is 2.25. The van der Waals surface area contributed by atoms with E-state index in [1.54, 1.807) is 47.8 Å². The van der Waals surface area contributed by atoms with E-state index in [0.717, 1.165) is 0 Å². The molecule has 0 spiro atoms. The molecule has 0 aromatic carbocycles. The first-order chi connectivity index (χ1) is 15.4. The summed E-state index contributed by atoms with van der Waals surface area (Å²) in [5, 5.41) is 2.86. The standard InChI is InChI=1S/C24H33N5O4/c1-17(28-12-13-29(24(5,6)16-28)22(31)33-23(2,3)4)21(30)27-20-10-9-19(15-26-20)32-18-8-7-11-25-14-18/h7-11,14-15,17H,12-13,16H2,1-6H3,(H,26,27,30). The van der Waals surface area contributed by atoms with Gasteiger partial charge in [0.25, 0.3) is 0 Å². The molecule has 1 saturated heterocycles. The second kappa shape index (κ2) is 9.74. The molecule has 1 aliphatic heterocycles. The van der Waals surface area contributed by atoms with Gasteiger partial charge in [-0.15, -0.1) is 0 Å². The Hall–Kier alpha value is -3.20. The molecule has 1 aliphatic rings. The number of hydrogen-bond acceptors (Lipinski definition) is 7. The van der Waals surface area contributed by atoms with Gasteiger partial charge >= 0.3 is 6.09 Å². The van der Waals surface area contributed by atoms with Gasteiger partial charge in [0.15, 0.2) is 0 Å². The maximum absolute atomic E-state index is 12.9. The first-order valence-electron chi connectivity index (χ1n) is 11.0. The van der Waals surface area contributed by atoms with Crippen LogP contribution >= 0.6 is 0 Å². The molecule has 3 rings (SSSR count). The molecule has 1 N–H and O–H groups in total. The number of aromatic nitrogens is 2. The Morgan fingerprint density at radius 3 is 2.42 bits per heavy atom. The van der Waals surface area contributed by atoms with Gasteiger partial charge in [-0.25, -0.2) is 9.78 Å². The predicted molar refractivity (Wildman–Crippen MR) is 125 cm³/mol. The normalized spacial score (nSPS) is 17.2. The SMILES string of the molecule is CC(C(=O)Nc1ccc(Oc2cccnc2)cn1)N1CCN(C(=O)OC(C)(C)C)C(C)(C)C1. The number of nitrogens with one attached hydrogen (secondary N) is 1. The van der Waals surface area contributed by atoms with Crippen molar-refractivity contribution in [3.8, 4) is 11.5 Å². The lowest BCUT2D eigenvalue weighted by Crippen LogP contribution is -2.64. The van der Waals surface area contributed by atoms with Crippen molar-refractivity contribution in [1.29, 1.82) is 0 Å². The summed E-state index contributed by atoms with van der Waals surface area (Å²) in [4.78, 5) is 37.6. The van der Waals surface area contributed by atoms with Gasteiger partial charge in [-0.2, -0.15) is 0 Å². The van der Waals surface area contributed by atoms with Crippen molar-refractivity contribution in [1.82, 2.24) is 19.8 Å². The highest BCUT2D eigenvalue weighted by Gasteiger charge is 2.41. The van der Waals surface area contributed by atoms with Crippen molar-refractivity contribution in [3.05, 3.63) is 42.9 Å². The third-order valence-electron chi connectivity index (χ3n) is 5.33. The molecular weight excluding hydrogens is 422 g/mol. The van der Waals surface area contributed by atoms with Crippen LogP contribution < -0.4 is 10.1 Å². The summed E-state index contributed by atoms with van der Waals surface area (Å²) >= 11 is 0. The summed E-state index contributed by atoms with van der Waals surface area (Å²) in [6, 6.07) is 6.63. The number of amides is 2. The molecule has 33 heavy (non-hydrogen) atoms. The Morgan fingerprint density at radius 2 is 1.85 bits per heavy atom. The Balaban J connectivity index is 1.56. The second-order valence-electron chi connectivity index (χ2n) is 9.75. The van der Waals surface area contributed by atoms with Crippen molar-refractivity contribution in [3.63, 3.8) is 0 Å². The second-order valence-corrected chi connectivity index (χ2v) is 9.75. The Kier molecular flexibility index (Phi) is 7.22. The lowest BCUT2D eigenvalue weighted by Gasteiger charge is -2.48. The number of hydrogen-bond donors (Lipinski definition) is 1. The number of anilines is 1. The van der Waals surface area contributed by atoms with Crippen molar-refractivity contribution in [2.24, 2.45) is 0 Å². The van der Waals surface area contributed by atoms with Crippen LogP contribution in [-0.4, -0.2) is 68.6 Å². The fraction of sp³-hybridized carbons (Fsp3) is 0.500. The van der Waals surface area contributed by atoms with E-state index < -0.39 is 17.2 Å². The minimum atomic E-state index is -0.553. The van der Waals surface area contributed by atoms with E-state index in [0.29, 0.717) is 37.0 Å². The van der Waals surface area contributed by atoms with Crippen LogP contribution in [0.25, 0.3) is 0 Å². The van der Waals surface area contributed by atoms with Crippen LogP contribution in [0.2, 0.25) is 0 Å². The number of carbonyl (C=O) groups excluding carboxylic acids is 2. The van der Waals surface area contributed by atoms with Crippen molar-refractivity contribution in [2.75, 3.05) is 25.0 Å². The van der Waals surface area contributed by atoms with E-state index in [1.807, 2.05) is 41.5 Å². The third kappa shape index (κ3) is 6.64. The van der Waals surface area contributed by atoms with E-state index in [-0.39, 0.29) is 12.0 Å². The number of pyridine rings is 2. The van der Waals surface area contributed by atoms with Crippen LogP contribution in [0.15, 0.2) is 42.9 Å². The molecule has 1 unspecified atom stereocenters. The van der Waals surface area contributed by atoms with Crippen LogP contribution in [0.4, 0.5) is 10.6 Å². The van der Waals surface area contributed by atoms with Gasteiger partial charge in [0, 0.05) is 25.8 Å². The zero-order valence-electron chi connectivity index (χ0n) is 20.2. The zero-order valence-corrected chi connectivity index (χ0v) is 20.2. The van der Waals surface area contributed by atoms with Gasteiger partial charge in [-0.1, -0.05) is 0 Å². The Bertz CT molecular complexity index is 957. The molecule has 9 heteroatoms. The molecular formula is C24H33N5O4. The molecule has 3 heterocycles. The molecule has 2 aromatic rings. The molecule has 1 atom stereocenters.